The van der Waals surface area contributed by atoms with E-state index in [9.17, 15) is 4.79 Å². The molecule has 0 radical (unpaired) electrons. The van der Waals surface area contributed by atoms with E-state index in [2.05, 4.69) is 0 Å². The van der Waals surface area contributed by atoms with Gasteiger partial charge in [0, 0.05) is 0 Å². The number of carbonyl (C=O) groups is 1. The van der Waals surface area contributed by atoms with Gasteiger partial charge in [0.05, 0.1) is 24.2 Å². The van der Waals surface area contributed by atoms with E-state index in [1.807, 2.05) is 91.9 Å². The second-order valence-electron chi connectivity index (χ2n) is 6.99. The van der Waals surface area contributed by atoms with Crippen molar-refractivity contribution in [3.8, 4) is 5.75 Å². The van der Waals surface area contributed by atoms with Crippen LogP contribution in [0.5, 0.6) is 5.75 Å². The minimum atomic E-state index is -0.0365. The van der Waals surface area contributed by atoms with E-state index in [-0.39, 0.29) is 5.91 Å². The first kappa shape index (κ1) is 20.0. The van der Waals surface area contributed by atoms with E-state index in [0.29, 0.717) is 16.6 Å². The van der Waals surface area contributed by atoms with Gasteiger partial charge in [0.15, 0.2) is 5.17 Å². The van der Waals surface area contributed by atoms with Crippen LogP contribution in [0.2, 0.25) is 0 Å². The van der Waals surface area contributed by atoms with E-state index in [1.165, 1.54) is 17.3 Å². The summed E-state index contributed by atoms with van der Waals surface area (Å²) in [7, 11) is 1.64. The summed E-state index contributed by atoms with van der Waals surface area (Å²) in [6, 6.07) is 25.6. The van der Waals surface area contributed by atoms with Crippen LogP contribution in [0.3, 0.4) is 0 Å². The number of rotatable bonds is 5. The molecule has 0 N–H and O–H groups in total. The van der Waals surface area contributed by atoms with Gasteiger partial charge in [0.1, 0.15) is 5.75 Å². The fourth-order valence-corrected chi connectivity index (χ4v) is 4.08. The number of thioether (sulfide) groups is 1. The average molecular weight is 415 g/mol. The molecule has 0 bridgehead atoms. The van der Waals surface area contributed by atoms with Crippen molar-refractivity contribution in [2.24, 2.45) is 4.99 Å². The van der Waals surface area contributed by atoms with Crippen LogP contribution in [0.1, 0.15) is 16.7 Å². The van der Waals surface area contributed by atoms with Crippen molar-refractivity contribution in [1.29, 1.82) is 0 Å². The Labute approximate surface area is 180 Å². The molecule has 0 unspecified atom stereocenters. The second-order valence-corrected chi connectivity index (χ2v) is 8.00. The van der Waals surface area contributed by atoms with Gasteiger partial charge in [-0.2, -0.15) is 0 Å². The number of carbonyl (C=O) groups excluding carboxylic acids is 1. The van der Waals surface area contributed by atoms with Crippen LogP contribution >= 0.6 is 11.8 Å². The maximum absolute atomic E-state index is 13.2. The molecule has 1 saturated heterocycles. The molecule has 1 amide bonds. The van der Waals surface area contributed by atoms with Gasteiger partial charge in [0.2, 0.25) is 0 Å². The number of hydrogen-bond acceptors (Lipinski definition) is 4. The number of aryl methyl sites for hydroxylation is 1. The van der Waals surface area contributed by atoms with Gasteiger partial charge in [-0.1, -0.05) is 60.2 Å². The van der Waals surface area contributed by atoms with Crippen molar-refractivity contribution in [2.45, 2.75) is 13.5 Å². The van der Waals surface area contributed by atoms with Gasteiger partial charge in [0.25, 0.3) is 5.91 Å². The fraction of sp³-hybridized carbons (Fsp3) is 0.120. The predicted molar refractivity (Wildman–Crippen MR) is 124 cm³/mol. The topological polar surface area (TPSA) is 41.9 Å². The first-order valence-electron chi connectivity index (χ1n) is 9.67. The zero-order valence-corrected chi connectivity index (χ0v) is 17.7. The summed E-state index contributed by atoms with van der Waals surface area (Å²) in [6.07, 6.45) is 1.90. The Bertz CT molecular complexity index is 1090. The molecule has 0 spiro atoms. The summed E-state index contributed by atoms with van der Waals surface area (Å²) in [5, 5.41) is 0.687. The largest absolute Gasteiger partial charge is 0.497 e. The van der Waals surface area contributed by atoms with Crippen LogP contribution in [0.25, 0.3) is 6.08 Å². The molecular weight excluding hydrogens is 392 g/mol. The number of benzene rings is 3. The number of nitrogens with zero attached hydrogens (tertiary/aromatic N) is 2. The Morgan fingerprint density at radius 2 is 1.67 bits per heavy atom. The molecule has 4 rings (SSSR count). The van der Waals surface area contributed by atoms with Crippen molar-refractivity contribution < 1.29 is 9.53 Å². The number of amides is 1. The van der Waals surface area contributed by atoms with Gasteiger partial charge in [-0.3, -0.25) is 9.69 Å². The summed E-state index contributed by atoms with van der Waals surface area (Å²) >= 11 is 1.41. The smallest absolute Gasteiger partial charge is 0.267 e. The standard InChI is InChI=1S/C25H22N2O2S/c1-18-8-12-21(13-9-18)26-25-27(17-20-6-4-3-5-7-20)24(28)23(30-25)16-19-10-14-22(29-2)15-11-19/h3-16H,17H2,1-2H3/b23-16+,26-25?. The van der Waals surface area contributed by atoms with Crippen LogP contribution in [-0.2, 0) is 11.3 Å². The lowest BCUT2D eigenvalue weighted by atomic mass is 10.2. The third kappa shape index (κ3) is 4.63. The van der Waals surface area contributed by atoms with E-state index in [0.717, 1.165) is 22.6 Å². The molecule has 0 aliphatic carbocycles. The van der Waals surface area contributed by atoms with Crippen LogP contribution in [0.4, 0.5) is 5.69 Å². The minimum absolute atomic E-state index is 0.0365. The van der Waals surface area contributed by atoms with Crippen LogP contribution in [-0.4, -0.2) is 23.1 Å². The Kier molecular flexibility index (Phi) is 6.00. The molecule has 1 fully saturated rings. The van der Waals surface area contributed by atoms with Crippen molar-refractivity contribution in [1.82, 2.24) is 4.90 Å². The number of methoxy groups -OCH3 is 1. The molecular formula is C25H22N2O2S. The summed E-state index contributed by atoms with van der Waals surface area (Å²) in [6.45, 7) is 2.53. The van der Waals surface area contributed by atoms with Crippen LogP contribution in [0, 0.1) is 6.92 Å². The molecule has 150 valence electrons. The molecule has 0 aromatic heterocycles. The summed E-state index contributed by atoms with van der Waals surface area (Å²) in [5.74, 6) is 0.750. The fourth-order valence-electron chi connectivity index (χ4n) is 3.08. The Hall–Kier alpha value is -3.31. The first-order chi connectivity index (χ1) is 14.6. The molecule has 1 aliphatic rings. The normalized spacial score (nSPS) is 16.5. The van der Waals surface area contributed by atoms with Crippen molar-refractivity contribution in [2.75, 3.05) is 7.11 Å². The van der Waals surface area contributed by atoms with E-state index < -0.39 is 0 Å². The molecule has 30 heavy (non-hydrogen) atoms. The third-order valence-electron chi connectivity index (χ3n) is 4.74. The molecule has 3 aromatic rings. The highest BCUT2D eigenvalue weighted by atomic mass is 32.2. The molecule has 1 aliphatic heterocycles. The van der Waals surface area contributed by atoms with Crippen LogP contribution < -0.4 is 4.74 Å². The Morgan fingerprint density at radius 1 is 0.967 bits per heavy atom. The van der Waals surface area contributed by atoms with Crippen molar-refractivity contribution >= 4 is 34.6 Å². The Morgan fingerprint density at radius 3 is 2.33 bits per heavy atom. The number of hydrogen-bond donors (Lipinski definition) is 0. The van der Waals surface area contributed by atoms with E-state index in [1.54, 1.807) is 12.0 Å². The molecule has 4 nitrogen and oxygen atoms in total. The molecule has 0 saturated carbocycles. The lowest BCUT2D eigenvalue weighted by molar-refractivity contribution is -0.122. The highest BCUT2D eigenvalue weighted by Crippen LogP contribution is 2.35. The molecule has 0 atom stereocenters. The average Bonchev–Trinajstić information content (AvgIpc) is 3.05. The summed E-state index contributed by atoms with van der Waals surface area (Å²) < 4.78 is 5.22. The molecule has 1 heterocycles. The number of ether oxygens (including phenoxy) is 1. The number of aliphatic imine (C=N–C) groups is 1. The minimum Gasteiger partial charge on any atom is -0.497 e. The molecule has 3 aromatic carbocycles. The molecule has 5 heteroatoms. The highest BCUT2D eigenvalue weighted by molar-refractivity contribution is 8.18. The number of amidine groups is 1. The maximum Gasteiger partial charge on any atom is 0.267 e. The van der Waals surface area contributed by atoms with Crippen molar-refractivity contribution in [3.05, 3.63) is 100 Å². The lowest BCUT2D eigenvalue weighted by Crippen LogP contribution is -2.28. The van der Waals surface area contributed by atoms with Crippen LogP contribution in [0.15, 0.2) is 88.8 Å². The SMILES string of the molecule is COc1ccc(/C=C2/SC(=Nc3ccc(C)cc3)N(Cc3ccccc3)C2=O)cc1. The van der Waals surface area contributed by atoms with E-state index in [4.69, 9.17) is 9.73 Å². The van der Waals surface area contributed by atoms with Gasteiger partial charge < -0.3 is 4.74 Å². The monoisotopic (exact) mass is 414 g/mol. The van der Waals surface area contributed by atoms with Gasteiger partial charge in [-0.15, -0.1) is 0 Å². The highest BCUT2D eigenvalue weighted by Gasteiger charge is 2.33. The van der Waals surface area contributed by atoms with Gasteiger partial charge >= 0.3 is 0 Å². The third-order valence-corrected chi connectivity index (χ3v) is 5.75. The Balaban J connectivity index is 1.67. The van der Waals surface area contributed by atoms with E-state index >= 15 is 0 Å². The quantitative estimate of drug-likeness (QED) is 0.495. The lowest BCUT2D eigenvalue weighted by Gasteiger charge is -2.15. The zero-order chi connectivity index (χ0) is 20.9. The maximum atomic E-state index is 13.2. The zero-order valence-electron chi connectivity index (χ0n) is 16.9. The van der Waals surface area contributed by atoms with Gasteiger partial charge in [-0.05, 0) is 60.2 Å². The second kappa shape index (κ2) is 9.01. The summed E-state index contributed by atoms with van der Waals surface area (Å²) in [4.78, 5) is 20.4. The summed E-state index contributed by atoms with van der Waals surface area (Å²) in [5.41, 5.74) is 4.02. The van der Waals surface area contributed by atoms with Gasteiger partial charge in [-0.25, -0.2) is 4.99 Å². The first-order valence-corrected chi connectivity index (χ1v) is 10.5. The predicted octanol–water partition coefficient (Wildman–Crippen LogP) is 5.81. The van der Waals surface area contributed by atoms with Crippen molar-refractivity contribution in [3.63, 3.8) is 0 Å².